The highest BCUT2D eigenvalue weighted by Gasteiger charge is 2.20. The number of hydrogen-bond donors (Lipinski definition) is 0. The number of methoxy groups -OCH3 is 1. The van der Waals surface area contributed by atoms with E-state index in [1.54, 1.807) is 38.3 Å². The third-order valence-electron chi connectivity index (χ3n) is 2.76. The van der Waals surface area contributed by atoms with Crippen LogP contribution in [0.3, 0.4) is 0 Å². The average Bonchev–Trinajstić information content (AvgIpc) is 2.35. The van der Waals surface area contributed by atoms with Crippen molar-refractivity contribution in [2.75, 3.05) is 7.11 Å². The van der Waals surface area contributed by atoms with E-state index in [9.17, 15) is 9.59 Å². The summed E-state index contributed by atoms with van der Waals surface area (Å²) in [5.74, 6) is 0.472. The van der Waals surface area contributed by atoms with E-state index in [0.717, 1.165) is 11.3 Å². The number of carbonyl (C=O) groups is 2. The van der Waals surface area contributed by atoms with E-state index in [0.29, 0.717) is 11.1 Å². The maximum atomic E-state index is 11.8. The van der Waals surface area contributed by atoms with Crippen LogP contribution in [-0.2, 0) is 9.59 Å². The molecule has 1 aromatic rings. The largest absolute Gasteiger partial charge is 0.497 e. The summed E-state index contributed by atoms with van der Waals surface area (Å²) in [7, 11) is 1.58. The molecule has 0 aliphatic heterocycles. The molecular formula is C14H12O3. The van der Waals surface area contributed by atoms with Gasteiger partial charge in [0.15, 0.2) is 11.6 Å². The summed E-state index contributed by atoms with van der Waals surface area (Å²) < 4.78 is 5.05. The first kappa shape index (κ1) is 11.3. The Hall–Kier alpha value is -2.16. The Morgan fingerprint density at radius 2 is 1.53 bits per heavy atom. The zero-order valence-corrected chi connectivity index (χ0v) is 9.69. The van der Waals surface area contributed by atoms with E-state index in [1.165, 1.54) is 12.2 Å². The standard InChI is InChI=1S/C14H12O3/c1-9-12(15)7-8-13(16)14(9)10-3-5-11(17-2)6-4-10/h3-8H,1-2H3. The second kappa shape index (κ2) is 4.37. The van der Waals surface area contributed by atoms with Crippen molar-refractivity contribution in [3.8, 4) is 5.75 Å². The van der Waals surface area contributed by atoms with Crippen molar-refractivity contribution in [3.05, 3.63) is 47.6 Å². The van der Waals surface area contributed by atoms with Gasteiger partial charge < -0.3 is 4.74 Å². The maximum Gasteiger partial charge on any atom is 0.186 e. The zero-order chi connectivity index (χ0) is 12.4. The molecule has 17 heavy (non-hydrogen) atoms. The van der Waals surface area contributed by atoms with Crippen LogP contribution < -0.4 is 4.74 Å². The normalized spacial score (nSPS) is 15.4. The van der Waals surface area contributed by atoms with Crippen LogP contribution in [0.1, 0.15) is 12.5 Å². The summed E-state index contributed by atoms with van der Waals surface area (Å²) in [6.07, 6.45) is 2.62. The fourth-order valence-corrected chi connectivity index (χ4v) is 1.78. The molecule has 0 bridgehead atoms. The Balaban J connectivity index is 2.47. The molecule has 0 saturated heterocycles. The van der Waals surface area contributed by atoms with Crippen molar-refractivity contribution in [3.63, 3.8) is 0 Å². The Kier molecular flexibility index (Phi) is 2.91. The Labute approximate surface area is 99.4 Å². The Bertz CT molecular complexity index is 533. The quantitative estimate of drug-likeness (QED) is 0.729. The van der Waals surface area contributed by atoms with Crippen LogP contribution in [0.5, 0.6) is 5.75 Å². The number of benzene rings is 1. The molecule has 3 nitrogen and oxygen atoms in total. The summed E-state index contributed by atoms with van der Waals surface area (Å²) in [6, 6.07) is 7.10. The monoisotopic (exact) mass is 228 g/mol. The van der Waals surface area contributed by atoms with Crippen LogP contribution in [0.2, 0.25) is 0 Å². The molecule has 0 atom stereocenters. The fraction of sp³-hybridized carbons (Fsp3) is 0.143. The van der Waals surface area contributed by atoms with E-state index in [-0.39, 0.29) is 11.6 Å². The van der Waals surface area contributed by atoms with E-state index < -0.39 is 0 Å². The van der Waals surface area contributed by atoms with Crippen LogP contribution in [0.4, 0.5) is 0 Å². The number of ketones is 2. The van der Waals surface area contributed by atoms with Gasteiger partial charge in [0, 0.05) is 11.1 Å². The minimum Gasteiger partial charge on any atom is -0.497 e. The van der Waals surface area contributed by atoms with Crippen LogP contribution in [-0.4, -0.2) is 18.7 Å². The summed E-state index contributed by atoms with van der Waals surface area (Å²) in [5, 5.41) is 0. The first-order valence-electron chi connectivity index (χ1n) is 5.25. The molecule has 0 amide bonds. The summed E-state index contributed by atoms with van der Waals surface area (Å²) in [5.41, 5.74) is 1.70. The second-order valence-electron chi connectivity index (χ2n) is 3.79. The first-order chi connectivity index (χ1) is 8.13. The van der Waals surface area contributed by atoms with Crippen molar-refractivity contribution in [2.45, 2.75) is 6.92 Å². The van der Waals surface area contributed by atoms with Gasteiger partial charge in [-0.05, 0) is 36.8 Å². The zero-order valence-electron chi connectivity index (χ0n) is 9.69. The van der Waals surface area contributed by atoms with Gasteiger partial charge in [0.1, 0.15) is 5.75 Å². The molecule has 0 heterocycles. The third kappa shape index (κ3) is 2.04. The second-order valence-corrected chi connectivity index (χ2v) is 3.79. The lowest BCUT2D eigenvalue weighted by Crippen LogP contribution is -2.11. The van der Waals surface area contributed by atoms with Crippen LogP contribution in [0, 0.1) is 0 Å². The SMILES string of the molecule is COc1ccc(C2=C(C)C(=O)C=CC2=O)cc1. The van der Waals surface area contributed by atoms with E-state index in [2.05, 4.69) is 0 Å². The predicted octanol–water partition coefficient (Wildman–Crippen LogP) is 2.18. The minimum absolute atomic E-state index is 0.115. The van der Waals surface area contributed by atoms with E-state index >= 15 is 0 Å². The van der Waals surface area contributed by atoms with Gasteiger partial charge in [-0.3, -0.25) is 9.59 Å². The van der Waals surface area contributed by atoms with Gasteiger partial charge in [-0.1, -0.05) is 12.1 Å². The maximum absolute atomic E-state index is 11.8. The van der Waals surface area contributed by atoms with Crippen LogP contribution in [0.25, 0.3) is 5.57 Å². The van der Waals surface area contributed by atoms with Crippen LogP contribution in [0.15, 0.2) is 42.0 Å². The minimum atomic E-state index is -0.132. The predicted molar refractivity (Wildman–Crippen MR) is 64.7 cm³/mol. The Morgan fingerprint density at radius 1 is 0.941 bits per heavy atom. The highest BCUT2D eigenvalue weighted by atomic mass is 16.5. The van der Waals surface area contributed by atoms with Gasteiger partial charge in [0.05, 0.1) is 7.11 Å². The summed E-state index contributed by atoms with van der Waals surface area (Å²) >= 11 is 0. The summed E-state index contributed by atoms with van der Waals surface area (Å²) in [4.78, 5) is 23.3. The number of ether oxygens (including phenoxy) is 1. The lowest BCUT2D eigenvalue weighted by molar-refractivity contribution is -0.113. The van der Waals surface area contributed by atoms with Crippen molar-refractivity contribution in [1.29, 1.82) is 0 Å². The van der Waals surface area contributed by atoms with Gasteiger partial charge in [0.2, 0.25) is 0 Å². The van der Waals surface area contributed by atoms with Gasteiger partial charge in [-0.15, -0.1) is 0 Å². The van der Waals surface area contributed by atoms with Gasteiger partial charge >= 0.3 is 0 Å². The number of allylic oxidation sites excluding steroid dienone is 4. The van der Waals surface area contributed by atoms with Gasteiger partial charge in [-0.2, -0.15) is 0 Å². The highest BCUT2D eigenvalue weighted by Crippen LogP contribution is 2.25. The van der Waals surface area contributed by atoms with Crippen molar-refractivity contribution < 1.29 is 14.3 Å². The van der Waals surface area contributed by atoms with Gasteiger partial charge in [0.25, 0.3) is 0 Å². The van der Waals surface area contributed by atoms with Crippen LogP contribution >= 0.6 is 0 Å². The smallest absolute Gasteiger partial charge is 0.186 e. The molecule has 0 aromatic heterocycles. The molecule has 2 rings (SSSR count). The van der Waals surface area contributed by atoms with Crippen molar-refractivity contribution in [1.82, 2.24) is 0 Å². The third-order valence-corrected chi connectivity index (χ3v) is 2.76. The van der Waals surface area contributed by atoms with E-state index in [1.807, 2.05) is 0 Å². The first-order valence-corrected chi connectivity index (χ1v) is 5.25. The topological polar surface area (TPSA) is 43.4 Å². The molecular weight excluding hydrogens is 216 g/mol. The number of carbonyl (C=O) groups excluding carboxylic acids is 2. The van der Waals surface area contributed by atoms with Crippen molar-refractivity contribution >= 4 is 17.1 Å². The average molecular weight is 228 g/mol. The fourth-order valence-electron chi connectivity index (χ4n) is 1.78. The molecule has 3 heteroatoms. The van der Waals surface area contributed by atoms with E-state index in [4.69, 9.17) is 4.74 Å². The summed E-state index contributed by atoms with van der Waals surface area (Å²) in [6.45, 7) is 1.67. The molecule has 1 aliphatic rings. The molecule has 0 radical (unpaired) electrons. The molecule has 1 aliphatic carbocycles. The molecule has 0 saturated carbocycles. The molecule has 0 fully saturated rings. The molecule has 86 valence electrons. The lowest BCUT2D eigenvalue weighted by Gasteiger charge is -2.12. The lowest BCUT2D eigenvalue weighted by atomic mass is 9.90. The molecule has 1 aromatic carbocycles. The molecule has 0 unspecified atom stereocenters. The Morgan fingerprint density at radius 3 is 2.12 bits per heavy atom. The van der Waals surface area contributed by atoms with Crippen molar-refractivity contribution in [2.24, 2.45) is 0 Å². The molecule has 0 spiro atoms. The van der Waals surface area contributed by atoms with Gasteiger partial charge in [-0.25, -0.2) is 0 Å². The molecule has 0 N–H and O–H groups in total. The number of rotatable bonds is 2. The number of hydrogen-bond acceptors (Lipinski definition) is 3. The highest BCUT2D eigenvalue weighted by molar-refractivity contribution is 6.35.